The number of fused-ring (bicyclic) bond motifs is 1. The number of rotatable bonds is 5. The molecule has 2 N–H and O–H groups in total. The molecule has 0 fully saturated rings. The maximum atomic E-state index is 12.7. The summed E-state index contributed by atoms with van der Waals surface area (Å²) < 4.78 is 1.23. The predicted octanol–water partition coefficient (Wildman–Crippen LogP) is 4.77. The first-order valence-corrected chi connectivity index (χ1v) is 11.6. The van der Waals surface area contributed by atoms with Gasteiger partial charge in [0.25, 0.3) is 5.56 Å². The van der Waals surface area contributed by atoms with Crippen molar-refractivity contribution >= 4 is 34.5 Å². The van der Waals surface area contributed by atoms with E-state index in [1.165, 1.54) is 14.3 Å². The molecule has 6 nitrogen and oxygen atoms in total. The van der Waals surface area contributed by atoms with Crippen molar-refractivity contribution < 1.29 is 5.11 Å². The van der Waals surface area contributed by atoms with Gasteiger partial charge in [-0.2, -0.15) is 0 Å². The summed E-state index contributed by atoms with van der Waals surface area (Å²) in [5.41, 5.74) is 0.144. The number of aromatic hydroxyl groups is 1. The predicted molar refractivity (Wildman–Crippen MR) is 123 cm³/mol. The number of thiophene rings is 1. The molecule has 0 amide bonds. The van der Waals surface area contributed by atoms with Gasteiger partial charge in [0.1, 0.15) is 5.56 Å². The van der Waals surface area contributed by atoms with Crippen LogP contribution in [-0.2, 0) is 6.54 Å². The second-order valence-electron chi connectivity index (χ2n) is 7.25. The SMILES string of the molecule is CCCCn1c(O)c(C2=Nc3ccccc3S[C@@H](c3ccc(C)s3)C2)c(=O)[nH]c1=O. The maximum Gasteiger partial charge on any atom is 0.331 e. The summed E-state index contributed by atoms with van der Waals surface area (Å²) in [6, 6.07) is 12.0. The van der Waals surface area contributed by atoms with Gasteiger partial charge in [-0.05, 0) is 37.6 Å². The number of unbranched alkanes of at least 4 members (excludes halogenated alkanes) is 1. The van der Waals surface area contributed by atoms with Gasteiger partial charge < -0.3 is 5.11 Å². The lowest BCUT2D eigenvalue weighted by molar-refractivity contribution is 0.394. The Morgan fingerprint density at radius 2 is 2.03 bits per heavy atom. The minimum absolute atomic E-state index is 0.0564. The lowest BCUT2D eigenvalue weighted by Gasteiger charge is -2.15. The Hall–Kier alpha value is -2.58. The van der Waals surface area contributed by atoms with Crippen molar-refractivity contribution in [1.29, 1.82) is 0 Å². The Balaban J connectivity index is 1.87. The van der Waals surface area contributed by atoms with Gasteiger partial charge in [-0.25, -0.2) is 4.79 Å². The molecule has 2 aromatic heterocycles. The van der Waals surface area contributed by atoms with Crippen LogP contribution in [0.3, 0.4) is 0 Å². The van der Waals surface area contributed by atoms with Gasteiger partial charge in [0, 0.05) is 32.9 Å². The summed E-state index contributed by atoms with van der Waals surface area (Å²) in [5, 5.41) is 10.9. The number of nitrogens with one attached hydrogen (secondary N) is 1. The molecule has 1 aromatic carbocycles. The second-order valence-corrected chi connectivity index (χ2v) is 9.81. The van der Waals surface area contributed by atoms with Gasteiger partial charge in [-0.15, -0.1) is 23.1 Å². The number of hydrogen-bond donors (Lipinski definition) is 2. The van der Waals surface area contributed by atoms with Crippen LogP contribution >= 0.6 is 23.1 Å². The van der Waals surface area contributed by atoms with Crippen LogP contribution in [0, 0.1) is 6.92 Å². The lowest BCUT2D eigenvalue weighted by Crippen LogP contribution is -2.34. The minimum atomic E-state index is -0.602. The van der Waals surface area contributed by atoms with Gasteiger partial charge in [0.15, 0.2) is 0 Å². The van der Waals surface area contributed by atoms with E-state index in [4.69, 9.17) is 4.99 Å². The molecule has 3 heterocycles. The molecule has 1 aliphatic rings. The highest BCUT2D eigenvalue weighted by Gasteiger charge is 2.27. The zero-order chi connectivity index (χ0) is 21.3. The summed E-state index contributed by atoms with van der Waals surface area (Å²) in [7, 11) is 0. The Kier molecular flexibility index (Phi) is 5.97. The van der Waals surface area contributed by atoms with E-state index in [1.54, 1.807) is 23.1 Å². The number of nitrogens with zero attached hydrogens (tertiary/aromatic N) is 2. The highest BCUT2D eigenvalue weighted by Crippen LogP contribution is 2.47. The Bertz CT molecular complexity index is 1220. The van der Waals surface area contributed by atoms with E-state index in [9.17, 15) is 14.7 Å². The molecular formula is C22H23N3O3S2. The fourth-order valence-corrected chi connectivity index (χ4v) is 5.78. The van der Waals surface area contributed by atoms with E-state index in [0.29, 0.717) is 18.7 Å². The average molecular weight is 442 g/mol. The molecule has 156 valence electrons. The van der Waals surface area contributed by atoms with Gasteiger partial charge in [-0.3, -0.25) is 19.3 Å². The van der Waals surface area contributed by atoms with Crippen LogP contribution < -0.4 is 11.2 Å². The molecule has 3 aromatic rings. The molecule has 0 bridgehead atoms. The first kappa shape index (κ1) is 20.7. The van der Waals surface area contributed by atoms with E-state index < -0.39 is 11.2 Å². The molecular weight excluding hydrogens is 418 g/mol. The Morgan fingerprint density at radius 1 is 1.23 bits per heavy atom. The molecule has 1 atom stereocenters. The van der Waals surface area contributed by atoms with Crippen molar-refractivity contribution in [1.82, 2.24) is 9.55 Å². The number of aliphatic imine (C=N–C) groups is 1. The van der Waals surface area contributed by atoms with Crippen molar-refractivity contribution in [2.24, 2.45) is 4.99 Å². The number of hydrogen-bond acceptors (Lipinski definition) is 6. The van der Waals surface area contributed by atoms with Gasteiger partial charge in [0.05, 0.1) is 11.4 Å². The molecule has 1 aliphatic heterocycles. The average Bonchev–Trinajstić information content (AvgIpc) is 3.05. The van der Waals surface area contributed by atoms with Crippen molar-refractivity contribution in [2.45, 2.75) is 49.8 Å². The van der Waals surface area contributed by atoms with Crippen LogP contribution in [0.5, 0.6) is 5.88 Å². The largest absolute Gasteiger partial charge is 0.494 e. The van der Waals surface area contributed by atoms with E-state index in [2.05, 4.69) is 24.0 Å². The van der Waals surface area contributed by atoms with Gasteiger partial charge >= 0.3 is 5.69 Å². The normalized spacial score (nSPS) is 16.1. The highest BCUT2D eigenvalue weighted by atomic mass is 32.2. The number of thioether (sulfide) groups is 1. The molecule has 0 saturated carbocycles. The van der Waals surface area contributed by atoms with Gasteiger partial charge in [0.2, 0.25) is 5.88 Å². The van der Waals surface area contributed by atoms with Crippen LogP contribution in [0.15, 0.2) is 55.9 Å². The zero-order valence-electron chi connectivity index (χ0n) is 16.8. The smallest absolute Gasteiger partial charge is 0.331 e. The summed E-state index contributed by atoms with van der Waals surface area (Å²) >= 11 is 3.43. The van der Waals surface area contributed by atoms with Crippen molar-refractivity contribution in [3.05, 3.63) is 72.6 Å². The van der Waals surface area contributed by atoms with Crippen molar-refractivity contribution in [2.75, 3.05) is 0 Å². The van der Waals surface area contributed by atoms with Crippen LogP contribution in [-0.4, -0.2) is 20.4 Å². The monoisotopic (exact) mass is 441 g/mol. The van der Waals surface area contributed by atoms with E-state index in [1.807, 2.05) is 31.2 Å². The molecule has 30 heavy (non-hydrogen) atoms. The molecule has 0 saturated heterocycles. The highest BCUT2D eigenvalue weighted by molar-refractivity contribution is 7.99. The summed E-state index contributed by atoms with van der Waals surface area (Å²) in [5.74, 6) is -0.304. The third-order valence-corrected chi connectivity index (χ3v) is 7.61. The van der Waals surface area contributed by atoms with Crippen LogP contribution in [0.1, 0.15) is 46.8 Å². The topological polar surface area (TPSA) is 87.4 Å². The molecule has 0 aliphatic carbocycles. The Morgan fingerprint density at radius 3 is 2.77 bits per heavy atom. The first-order valence-electron chi connectivity index (χ1n) is 9.94. The summed E-state index contributed by atoms with van der Waals surface area (Å²) in [6.45, 7) is 4.42. The second kappa shape index (κ2) is 8.65. The lowest BCUT2D eigenvalue weighted by atomic mass is 10.1. The molecule has 4 rings (SSSR count). The van der Waals surface area contributed by atoms with Crippen LogP contribution in [0.2, 0.25) is 0 Å². The number of H-pyrrole nitrogens is 1. The van der Waals surface area contributed by atoms with Gasteiger partial charge in [-0.1, -0.05) is 25.5 Å². The van der Waals surface area contributed by atoms with Crippen LogP contribution in [0.4, 0.5) is 5.69 Å². The number of aryl methyl sites for hydroxylation is 1. The quantitative estimate of drug-likeness (QED) is 0.597. The number of benzene rings is 1. The molecule has 8 heteroatoms. The minimum Gasteiger partial charge on any atom is -0.494 e. The molecule has 0 spiro atoms. The van der Waals surface area contributed by atoms with E-state index >= 15 is 0 Å². The maximum absolute atomic E-state index is 12.7. The Labute approximate surface area is 182 Å². The standard InChI is InChI=1S/C22H23N3O3S2/c1-3-4-11-25-21(27)19(20(26)24-22(25)28)15-12-18(17-10-9-13(2)29-17)30-16-8-6-5-7-14(16)23-15/h5-10,18,27H,3-4,11-12H2,1-2H3,(H,24,26,28)/t18-/m1/s1. The fourth-order valence-electron chi connectivity index (χ4n) is 3.50. The molecule has 0 unspecified atom stereocenters. The van der Waals surface area contributed by atoms with Crippen LogP contribution in [0.25, 0.3) is 0 Å². The summed E-state index contributed by atoms with van der Waals surface area (Å²) in [4.78, 5) is 35.6. The van der Waals surface area contributed by atoms with Crippen molar-refractivity contribution in [3.8, 4) is 5.88 Å². The zero-order valence-corrected chi connectivity index (χ0v) is 18.5. The number of aromatic amines is 1. The first-order chi connectivity index (χ1) is 14.5. The van der Waals surface area contributed by atoms with E-state index in [-0.39, 0.29) is 16.7 Å². The third kappa shape index (κ3) is 4.02. The van der Waals surface area contributed by atoms with Crippen molar-refractivity contribution in [3.63, 3.8) is 0 Å². The fraction of sp³-hybridized carbons (Fsp3) is 0.318. The van der Waals surface area contributed by atoms with E-state index in [0.717, 1.165) is 23.4 Å². The number of para-hydroxylation sites is 1. The summed E-state index contributed by atoms with van der Waals surface area (Å²) in [6.07, 6.45) is 2.06. The third-order valence-electron chi connectivity index (χ3n) is 5.04. The molecule has 0 radical (unpaired) electrons. The number of aromatic nitrogens is 2.